The molecule has 0 spiro atoms. The summed E-state index contributed by atoms with van der Waals surface area (Å²) in [5.41, 5.74) is 16.8. The van der Waals surface area contributed by atoms with Gasteiger partial charge in [-0.2, -0.15) is 5.26 Å². The molecule has 16 rings (SSSR count). The molecular weight excluding hydrogens is 1180 g/mol. The monoisotopic (exact) mass is 1270 g/mol. The number of fused-ring (bicyclic) bond motifs is 12. The van der Waals surface area contributed by atoms with E-state index in [0.29, 0.717) is 90.1 Å². The van der Waals surface area contributed by atoms with E-state index in [0.717, 1.165) is 87.6 Å². The van der Waals surface area contributed by atoms with Crippen molar-refractivity contribution in [1.29, 1.82) is 5.26 Å². The SMILES string of the molecule is [2H]c1cc(-c2c(C)ccc3c2oc2c([N+]#[C-])cccc23)[n+](C)cc1C([2H])([2H])[2H].[2H]c1cc(-c2c(C)ccc3c2oc2cc([N+]#[C-])ccc23)[n+](C)cc1C([2H])([2H])[2H].[2H]c1cc(-c2c(C)ccc3c2oc2ccc([N+]#[C-])cc23)[n+](C)cc1C([2H])([2H])[2H].[2H]c1cc(-c2c(C)ccc3c2oc2cccc(C#N)c23)[n+](C)cc1C([2H])([2H])[2H]. The van der Waals surface area contributed by atoms with Crippen LogP contribution < -0.4 is 18.3 Å². The van der Waals surface area contributed by atoms with Gasteiger partial charge >= 0.3 is 0 Å². The van der Waals surface area contributed by atoms with Gasteiger partial charge in [0.05, 0.1) is 59.1 Å². The van der Waals surface area contributed by atoms with E-state index in [1.54, 1.807) is 119 Å². The molecule has 0 radical (unpaired) electrons. The number of furan rings is 4. The van der Waals surface area contributed by atoms with Crippen LogP contribution >= 0.6 is 0 Å². The fourth-order valence-electron chi connectivity index (χ4n) is 12.6. The van der Waals surface area contributed by atoms with Crippen LogP contribution in [-0.4, -0.2) is 0 Å². The van der Waals surface area contributed by atoms with Gasteiger partial charge < -0.3 is 17.7 Å². The average Bonchev–Trinajstić information content (AvgIpc) is 1.56. The molecule has 16 aromatic rings. The van der Waals surface area contributed by atoms with Crippen LogP contribution in [0.25, 0.3) is 147 Å². The minimum atomic E-state index is -2.35. The van der Waals surface area contributed by atoms with E-state index in [2.05, 4.69) is 20.6 Å². The van der Waals surface area contributed by atoms with Crippen LogP contribution in [0.15, 0.2) is 212 Å². The Labute approximate surface area is 579 Å². The molecule has 0 saturated carbocycles. The van der Waals surface area contributed by atoms with Crippen molar-refractivity contribution in [2.45, 2.75) is 55.1 Å². The summed E-state index contributed by atoms with van der Waals surface area (Å²) < 4.78 is 156. The largest absolute Gasteiger partial charge is 0.466 e. The van der Waals surface area contributed by atoms with E-state index in [4.69, 9.17) is 59.3 Å². The first kappa shape index (κ1) is 45.7. The predicted octanol–water partition coefficient (Wildman–Crippen LogP) is 20.3. The van der Waals surface area contributed by atoms with Gasteiger partial charge in [-0.1, -0.05) is 91.0 Å². The number of rotatable bonds is 4. The molecule has 0 saturated heterocycles. The average molecular weight is 1270 g/mol. The molecule has 0 fully saturated rings. The van der Waals surface area contributed by atoms with Crippen molar-refractivity contribution in [2.24, 2.45) is 28.2 Å². The molecule has 8 aromatic heterocycles. The smallest absolute Gasteiger partial charge is 0.229 e. The van der Waals surface area contributed by atoms with E-state index in [-0.39, 0.29) is 46.4 Å². The number of pyridine rings is 4. The van der Waals surface area contributed by atoms with Crippen LogP contribution in [0.4, 0.5) is 17.1 Å². The molecule has 464 valence electrons. The third-order valence-corrected chi connectivity index (χ3v) is 17.2. The maximum absolute atomic E-state index is 9.47. The molecular formula is C84H68N8O4+4. The Balaban J connectivity index is 0.000000131. The number of para-hydroxylation sites is 1. The summed E-state index contributed by atoms with van der Waals surface area (Å²) in [6, 6.07) is 45.5. The summed E-state index contributed by atoms with van der Waals surface area (Å²) >= 11 is 0. The first-order valence-corrected chi connectivity index (χ1v) is 30.2. The third-order valence-electron chi connectivity index (χ3n) is 17.2. The second kappa shape index (κ2) is 25.2. The molecule has 8 heterocycles. The lowest BCUT2D eigenvalue weighted by Crippen LogP contribution is -2.31. The van der Waals surface area contributed by atoms with Crippen LogP contribution in [0.2, 0.25) is 0 Å². The Hall–Kier alpha value is -12.5. The highest BCUT2D eigenvalue weighted by molar-refractivity contribution is 6.15. The molecule has 96 heavy (non-hydrogen) atoms. The lowest BCUT2D eigenvalue weighted by atomic mass is 9.99. The Bertz CT molecular complexity index is 6630. The van der Waals surface area contributed by atoms with E-state index < -0.39 is 27.4 Å². The maximum atomic E-state index is 9.47. The van der Waals surface area contributed by atoms with Crippen LogP contribution in [0, 0.1) is 86.2 Å². The first-order valence-electron chi connectivity index (χ1n) is 38.2. The number of hydrogen-bond donors (Lipinski definition) is 0. The molecule has 0 unspecified atom stereocenters. The van der Waals surface area contributed by atoms with Crippen LogP contribution in [-0.2, 0) is 28.2 Å². The van der Waals surface area contributed by atoms with Gasteiger partial charge in [-0.3, -0.25) is 0 Å². The molecule has 0 amide bonds. The quantitative estimate of drug-likeness (QED) is 0.129. The summed E-state index contributed by atoms with van der Waals surface area (Å²) in [5.74, 6) is 0. The molecule has 0 atom stereocenters. The topological polar surface area (TPSA) is 105 Å². The summed E-state index contributed by atoms with van der Waals surface area (Å²) in [6.07, 6.45) is 5.94. The minimum Gasteiger partial charge on any atom is -0.466 e. The second-order valence-electron chi connectivity index (χ2n) is 23.4. The molecule has 0 bridgehead atoms. The Morgan fingerprint density at radius 1 is 0.385 bits per heavy atom. The third kappa shape index (κ3) is 11.2. The molecule has 0 aliphatic carbocycles. The molecule has 8 aromatic carbocycles. The van der Waals surface area contributed by atoms with Gasteiger partial charge in [-0.25, -0.2) is 32.8 Å². The first-order chi connectivity index (χ1) is 52.8. The second-order valence-corrected chi connectivity index (χ2v) is 23.4. The van der Waals surface area contributed by atoms with Crippen molar-refractivity contribution in [3.63, 3.8) is 0 Å². The standard InChI is InChI=1S/4C21H17N2O/c1-13-5-10-18(23(4)12-13)20-14(2)6-8-17-16-9-7-15(22-3)11-19(16)24-21(17)20;1-13-5-9-18(23(4)12-13)20-14(2)6-8-16-17-11-15(22-3)7-10-19(17)24-21(16)20;1-13-8-11-18(23(4)12-13)19-14(2)9-10-16-15-6-5-7-17(22-3)20(15)24-21(16)19;1-13-7-10-17(23(3)12-13)19-14(2)8-9-16-20-15(11-22)5-4-6-18(20)24-21(16)19/h3*5-12H,1-2,4H3;4-10,12H,1-3H3/q4*+1/i2*1D3,5D;1D3,8D;1D3,7D. The fraction of sp³-hybridized carbons (Fsp3) is 0.143. The van der Waals surface area contributed by atoms with Crippen LogP contribution in [0.1, 0.15) is 72.0 Å². The van der Waals surface area contributed by atoms with Crippen molar-refractivity contribution in [3.8, 4) is 51.1 Å². The summed E-state index contributed by atoms with van der Waals surface area (Å²) in [4.78, 5) is 10.5. The number of nitrogens with zero attached hydrogens (tertiary/aromatic N) is 8. The lowest BCUT2D eigenvalue weighted by Gasteiger charge is -2.06. The van der Waals surface area contributed by atoms with Crippen molar-refractivity contribution in [2.75, 3.05) is 0 Å². The molecule has 12 heteroatoms. The van der Waals surface area contributed by atoms with E-state index in [9.17, 15) is 5.26 Å². The van der Waals surface area contributed by atoms with Gasteiger partial charge in [0.25, 0.3) is 0 Å². The summed E-state index contributed by atoms with van der Waals surface area (Å²) in [5, 5.41) is 16.4. The number of benzene rings is 8. The molecule has 0 aliphatic heterocycles. The number of hydrogen-bond acceptors (Lipinski definition) is 5. The van der Waals surface area contributed by atoms with Gasteiger partial charge in [0.15, 0.2) is 36.2 Å². The van der Waals surface area contributed by atoms with E-state index in [1.807, 2.05) is 100 Å². The lowest BCUT2D eigenvalue weighted by molar-refractivity contribution is -0.660. The minimum absolute atomic E-state index is 0.0000455. The Morgan fingerprint density at radius 2 is 0.781 bits per heavy atom. The van der Waals surface area contributed by atoms with Gasteiger partial charge in [0.2, 0.25) is 28.5 Å². The number of nitriles is 1. The number of aromatic nitrogens is 4. The van der Waals surface area contributed by atoms with Gasteiger partial charge in [-0.15, -0.1) is 0 Å². The fourth-order valence-corrected chi connectivity index (χ4v) is 12.6. The summed E-state index contributed by atoms with van der Waals surface area (Å²) in [7, 11) is 7.05. The van der Waals surface area contributed by atoms with Gasteiger partial charge in [-0.05, 0) is 132 Å². The zero-order chi connectivity index (χ0) is 80.9. The van der Waals surface area contributed by atoms with Gasteiger partial charge in [0.1, 0.15) is 72.9 Å². The van der Waals surface area contributed by atoms with Gasteiger partial charge in [0, 0.05) is 106 Å². The van der Waals surface area contributed by atoms with Crippen molar-refractivity contribution in [1.82, 2.24) is 0 Å². The zero-order valence-electron chi connectivity index (χ0n) is 69.4. The highest BCUT2D eigenvalue weighted by Gasteiger charge is 2.26. The van der Waals surface area contributed by atoms with Crippen LogP contribution in [0.3, 0.4) is 0 Å². The van der Waals surface area contributed by atoms with Crippen molar-refractivity contribution in [3.05, 3.63) is 279 Å². The zero-order valence-corrected chi connectivity index (χ0v) is 53.4. The van der Waals surface area contributed by atoms with Crippen molar-refractivity contribution >= 4 is 105 Å². The highest BCUT2D eigenvalue weighted by atomic mass is 16.3. The summed E-state index contributed by atoms with van der Waals surface area (Å²) in [6.45, 7) is 20.2. The molecule has 0 N–H and O–H groups in total. The normalized spacial score (nSPS) is 14.0. The van der Waals surface area contributed by atoms with Crippen molar-refractivity contribution < 1.29 is 57.9 Å². The van der Waals surface area contributed by atoms with E-state index >= 15 is 0 Å². The number of aryl methyl sites for hydroxylation is 12. The highest BCUT2D eigenvalue weighted by Crippen LogP contribution is 2.43. The van der Waals surface area contributed by atoms with Crippen LogP contribution in [0.5, 0.6) is 0 Å². The maximum Gasteiger partial charge on any atom is 0.229 e. The Kier molecular flexibility index (Phi) is 12.0. The Morgan fingerprint density at radius 3 is 1.26 bits per heavy atom. The molecule has 0 aliphatic rings. The van der Waals surface area contributed by atoms with E-state index in [1.165, 1.54) is 24.8 Å². The molecule has 12 nitrogen and oxygen atoms in total. The predicted molar refractivity (Wildman–Crippen MR) is 383 cm³/mol.